The Labute approximate surface area is 114 Å². The van der Waals surface area contributed by atoms with E-state index in [9.17, 15) is 9.59 Å². The first kappa shape index (κ1) is 15.2. The number of nitrogens with one attached hydrogen (secondary N) is 1. The van der Waals surface area contributed by atoms with E-state index in [4.69, 9.17) is 4.74 Å². The van der Waals surface area contributed by atoms with E-state index in [-0.39, 0.29) is 24.4 Å². The van der Waals surface area contributed by atoms with Crippen LogP contribution in [0.5, 0.6) is 0 Å². The van der Waals surface area contributed by atoms with Crippen molar-refractivity contribution in [3.05, 3.63) is 29.8 Å². The van der Waals surface area contributed by atoms with Gasteiger partial charge in [0.2, 0.25) is 0 Å². The minimum Gasteiger partial charge on any atom is -0.455 e. The molecule has 1 aromatic rings. The second-order valence-electron chi connectivity index (χ2n) is 4.54. The first-order valence-electron chi connectivity index (χ1n) is 6.60. The molecule has 0 aliphatic heterocycles. The van der Waals surface area contributed by atoms with Crippen molar-refractivity contribution in [1.82, 2.24) is 0 Å². The summed E-state index contributed by atoms with van der Waals surface area (Å²) < 4.78 is 4.99. The number of ether oxygens (including phenoxy) is 1. The van der Waals surface area contributed by atoms with Gasteiger partial charge in [0.25, 0.3) is 5.91 Å². The molecule has 0 aliphatic rings. The number of rotatable bonds is 6. The Morgan fingerprint density at radius 2 is 1.74 bits per heavy atom. The summed E-state index contributed by atoms with van der Waals surface area (Å²) >= 11 is 0. The SMILES string of the molecule is CCC(CC)C(=O)OCC(=O)Nc1ccc(C)cc1. The van der Waals surface area contributed by atoms with Crippen LogP contribution in [0.25, 0.3) is 0 Å². The number of hydrogen-bond acceptors (Lipinski definition) is 3. The molecule has 1 amide bonds. The van der Waals surface area contributed by atoms with Crippen LogP contribution in [0.3, 0.4) is 0 Å². The average molecular weight is 263 g/mol. The summed E-state index contributed by atoms with van der Waals surface area (Å²) in [7, 11) is 0. The van der Waals surface area contributed by atoms with Crippen LogP contribution in [0.15, 0.2) is 24.3 Å². The third-order valence-electron chi connectivity index (χ3n) is 3.00. The maximum atomic E-state index is 11.6. The number of benzene rings is 1. The second kappa shape index (κ2) is 7.56. The highest BCUT2D eigenvalue weighted by Crippen LogP contribution is 2.10. The molecule has 4 nitrogen and oxygen atoms in total. The van der Waals surface area contributed by atoms with Crippen molar-refractivity contribution in [2.75, 3.05) is 11.9 Å². The van der Waals surface area contributed by atoms with Crippen LogP contribution in [0.1, 0.15) is 32.3 Å². The Bertz CT molecular complexity index is 422. The van der Waals surface area contributed by atoms with Gasteiger partial charge in [0, 0.05) is 5.69 Å². The summed E-state index contributed by atoms with van der Waals surface area (Å²) in [5.74, 6) is -0.737. The van der Waals surface area contributed by atoms with Gasteiger partial charge >= 0.3 is 5.97 Å². The molecule has 4 heteroatoms. The smallest absolute Gasteiger partial charge is 0.309 e. The molecule has 0 heterocycles. The van der Waals surface area contributed by atoms with Crippen molar-refractivity contribution in [2.45, 2.75) is 33.6 Å². The second-order valence-corrected chi connectivity index (χ2v) is 4.54. The Hall–Kier alpha value is -1.84. The average Bonchev–Trinajstić information content (AvgIpc) is 2.40. The lowest BCUT2D eigenvalue weighted by molar-refractivity contribution is -0.151. The lowest BCUT2D eigenvalue weighted by atomic mass is 10.0. The van der Waals surface area contributed by atoms with E-state index >= 15 is 0 Å². The van der Waals surface area contributed by atoms with Crippen LogP contribution in [0, 0.1) is 12.8 Å². The van der Waals surface area contributed by atoms with Crippen LogP contribution < -0.4 is 5.32 Å². The molecule has 1 aromatic carbocycles. The fraction of sp³-hybridized carbons (Fsp3) is 0.467. The molecule has 0 bridgehead atoms. The largest absolute Gasteiger partial charge is 0.455 e. The number of carbonyl (C=O) groups is 2. The summed E-state index contributed by atoms with van der Waals surface area (Å²) in [5.41, 5.74) is 1.83. The van der Waals surface area contributed by atoms with Gasteiger partial charge in [-0.3, -0.25) is 9.59 Å². The Morgan fingerprint density at radius 1 is 1.16 bits per heavy atom. The first-order valence-corrected chi connectivity index (χ1v) is 6.60. The minimum atomic E-state index is -0.317. The van der Waals surface area contributed by atoms with Gasteiger partial charge in [0.05, 0.1) is 5.92 Å². The fourth-order valence-electron chi connectivity index (χ4n) is 1.71. The van der Waals surface area contributed by atoms with E-state index in [0.29, 0.717) is 5.69 Å². The van der Waals surface area contributed by atoms with E-state index < -0.39 is 0 Å². The van der Waals surface area contributed by atoms with Gasteiger partial charge in [-0.1, -0.05) is 31.5 Å². The van der Waals surface area contributed by atoms with Crippen LogP contribution in [0.4, 0.5) is 5.69 Å². The molecule has 0 aliphatic carbocycles. The highest BCUT2D eigenvalue weighted by molar-refractivity contribution is 5.92. The lowest BCUT2D eigenvalue weighted by Gasteiger charge is -2.11. The van der Waals surface area contributed by atoms with E-state index in [1.165, 1.54) is 0 Å². The molecule has 104 valence electrons. The lowest BCUT2D eigenvalue weighted by Crippen LogP contribution is -2.24. The van der Waals surface area contributed by atoms with Crippen molar-refractivity contribution in [1.29, 1.82) is 0 Å². The molecule has 0 spiro atoms. The minimum absolute atomic E-state index is 0.118. The van der Waals surface area contributed by atoms with Crippen LogP contribution in [0.2, 0.25) is 0 Å². The van der Waals surface area contributed by atoms with Crippen molar-refractivity contribution < 1.29 is 14.3 Å². The van der Waals surface area contributed by atoms with Gasteiger partial charge < -0.3 is 10.1 Å². The zero-order chi connectivity index (χ0) is 14.3. The molecule has 19 heavy (non-hydrogen) atoms. The van der Waals surface area contributed by atoms with Gasteiger partial charge in [0.1, 0.15) is 0 Å². The molecule has 0 atom stereocenters. The van der Waals surface area contributed by atoms with E-state index in [2.05, 4.69) is 5.32 Å². The van der Waals surface area contributed by atoms with E-state index in [0.717, 1.165) is 18.4 Å². The number of anilines is 1. The summed E-state index contributed by atoms with van der Waals surface area (Å²) in [4.78, 5) is 23.2. The first-order chi connectivity index (χ1) is 9.06. The highest BCUT2D eigenvalue weighted by Gasteiger charge is 2.16. The number of esters is 1. The molecule has 1 N–H and O–H groups in total. The number of carbonyl (C=O) groups excluding carboxylic acids is 2. The summed E-state index contributed by atoms with van der Waals surface area (Å²) in [5, 5.41) is 2.68. The summed E-state index contributed by atoms with van der Waals surface area (Å²) in [6.45, 7) is 5.61. The number of hydrogen-bond donors (Lipinski definition) is 1. The number of aryl methyl sites for hydroxylation is 1. The third kappa shape index (κ3) is 5.12. The quantitative estimate of drug-likeness (QED) is 0.803. The Kier molecular flexibility index (Phi) is 6.06. The maximum absolute atomic E-state index is 11.6. The molecule has 0 fully saturated rings. The summed E-state index contributed by atoms with van der Waals surface area (Å²) in [6.07, 6.45) is 1.46. The predicted octanol–water partition coefficient (Wildman–Crippen LogP) is 2.91. The van der Waals surface area contributed by atoms with Crippen LogP contribution in [-0.2, 0) is 14.3 Å². The Balaban J connectivity index is 2.39. The van der Waals surface area contributed by atoms with Crippen molar-refractivity contribution >= 4 is 17.6 Å². The van der Waals surface area contributed by atoms with Crippen molar-refractivity contribution in [3.63, 3.8) is 0 Å². The topological polar surface area (TPSA) is 55.4 Å². The molecular weight excluding hydrogens is 242 g/mol. The zero-order valence-corrected chi connectivity index (χ0v) is 11.7. The summed E-state index contributed by atoms with van der Waals surface area (Å²) in [6, 6.07) is 7.45. The van der Waals surface area contributed by atoms with Gasteiger partial charge in [-0.15, -0.1) is 0 Å². The van der Waals surface area contributed by atoms with E-state index in [1.54, 1.807) is 0 Å². The molecule has 0 radical (unpaired) electrons. The molecule has 0 saturated heterocycles. The standard InChI is InChI=1S/C15H21NO3/c1-4-12(5-2)15(18)19-10-14(17)16-13-8-6-11(3)7-9-13/h6-9,12H,4-5,10H2,1-3H3,(H,16,17). The Morgan fingerprint density at radius 3 is 2.26 bits per heavy atom. The molecular formula is C15H21NO3. The van der Waals surface area contributed by atoms with Crippen molar-refractivity contribution in [2.24, 2.45) is 5.92 Å². The maximum Gasteiger partial charge on any atom is 0.309 e. The predicted molar refractivity (Wildman–Crippen MR) is 74.8 cm³/mol. The molecule has 0 saturated carbocycles. The number of amides is 1. The van der Waals surface area contributed by atoms with Gasteiger partial charge in [-0.05, 0) is 31.9 Å². The molecule has 1 rings (SSSR count). The van der Waals surface area contributed by atoms with Gasteiger partial charge in [-0.25, -0.2) is 0 Å². The van der Waals surface area contributed by atoms with Gasteiger partial charge in [0.15, 0.2) is 6.61 Å². The van der Waals surface area contributed by atoms with Gasteiger partial charge in [-0.2, -0.15) is 0 Å². The monoisotopic (exact) mass is 263 g/mol. The fourth-order valence-corrected chi connectivity index (χ4v) is 1.71. The van der Waals surface area contributed by atoms with Crippen molar-refractivity contribution in [3.8, 4) is 0 Å². The normalized spacial score (nSPS) is 10.3. The van der Waals surface area contributed by atoms with E-state index in [1.807, 2.05) is 45.0 Å². The van der Waals surface area contributed by atoms with Crippen LogP contribution >= 0.6 is 0 Å². The van der Waals surface area contributed by atoms with Crippen LogP contribution in [-0.4, -0.2) is 18.5 Å². The third-order valence-corrected chi connectivity index (χ3v) is 3.00. The zero-order valence-electron chi connectivity index (χ0n) is 11.7. The molecule has 0 unspecified atom stereocenters. The highest BCUT2D eigenvalue weighted by atomic mass is 16.5. The molecule has 0 aromatic heterocycles.